The molecule has 0 spiro atoms. The van der Waals surface area contributed by atoms with Crippen LogP contribution in [-0.4, -0.2) is 37.2 Å². The molecule has 1 atom stereocenters. The fourth-order valence-corrected chi connectivity index (χ4v) is 10.2. The number of unbranched alkanes of at least 4 members (excludes halogenated alkanes) is 44. The van der Waals surface area contributed by atoms with Gasteiger partial charge in [-0.05, 0) is 77.0 Å². The van der Waals surface area contributed by atoms with Crippen LogP contribution < -0.4 is 0 Å². The highest BCUT2D eigenvalue weighted by Crippen LogP contribution is 2.18. The Morgan fingerprint density at radius 1 is 0.273 bits per heavy atom. The molecular formula is C71H130O6. The minimum Gasteiger partial charge on any atom is -0.462 e. The van der Waals surface area contributed by atoms with E-state index >= 15 is 0 Å². The molecule has 0 aliphatic carbocycles. The second-order valence-electron chi connectivity index (χ2n) is 23.1. The maximum Gasteiger partial charge on any atom is 0.306 e. The molecule has 0 aliphatic rings. The summed E-state index contributed by atoms with van der Waals surface area (Å²) in [6, 6.07) is 0. The van der Waals surface area contributed by atoms with E-state index in [0.717, 1.165) is 103 Å². The Labute approximate surface area is 479 Å². The van der Waals surface area contributed by atoms with Crippen molar-refractivity contribution in [1.29, 1.82) is 0 Å². The summed E-state index contributed by atoms with van der Waals surface area (Å²) in [4.78, 5) is 38.3. The molecule has 6 nitrogen and oxygen atoms in total. The number of ether oxygens (including phenoxy) is 3. The summed E-state index contributed by atoms with van der Waals surface area (Å²) in [5.41, 5.74) is 0. The lowest BCUT2D eigenvalue weighted by Gasteiger charge is -2.18. The van der Waals surface area contributed by atoms with Crippen LogP contribution in [0.25, 0.3) is 0 Å². The normalized spacial score (nSPS) is 12.3. The summed E-state index contributed by atoms with van der Waals surface area (Å²) >= 11 is 0. The Hall–Kier alpha value is -2.63. The minimum absolute atomic E-state index is 0.0793. The van der Waals surface area contributed by atoms with Gasteiger partial charge in [0.05, 0.1) is 0 Å². The fraction of sp³-hybridized carbons (Fsp3) is 0.845. The van der Waals surface area contributed by atoms with Crippen LogP contribution in [0.5, 0.6) is 0 Å². The van der Waals surface area contributed by atoms with E-state index in [2.05, 4.69) is 69.4 Å². The molecule has 0 rings (SSSR count). The van der Waals surface area contributed by atoms with Crippen LogP contribution in [-0.2, 0) is 28.6 Å². The second-order valence-corrected chi connectivity index (χ2v) is 23.1. The van der Waals surface area contributed by atoms with E-state index in [9.17, 15) is 14.4 Å². The van der Waals surface area contributed by atoms with Gasteiger partial charge >= 0.3 is 17.9 Å². The van der Waals surface area contributed by atoms with Crippen LogP contribution in [0.15, 0.2) is 48.6 Å². The number of esters is 3. The lowest BCUT2D eigenvalue weighted by Crippen LogP contribution is -2.30. The number of hydrogen-bond acceptors (Lipinski definition) is 6. The maximum absolute atomic E-state index is 12.9. The molecule has 0 heterocycles. The van der Waals surface area contributed by atoms with Crippen molar-refractivity contribution in [2.75, 3.05) is 13.2 Å². The van der Waals surface area contributed by atoms with Gasteiger partial charge in [0, 0.05) is 19.3 Å². The van der Waals surface area contributed by atoms with E-state index in [-0.39, 0.29) is 31.1 Å². The van der Waals surface area contributed by atoms with Crippen LogP contribution in [0, 0.1) is 0 Å². The van der Waals surface area contributed by atoms with E-state index in [1.165, 1.54) is 225 Å². The zero-order valence-electron chi connectivity index (χ0n) is 51.7. The fourth-order valence-electron chi connectivity index (χ4n) is 10.2. The third kappa shape index (κ3) is 64.1. The van der Waals surface area contributed by atoms with E-state index in [0.29, 0.717) is 19.3 Å². The van der Waals surface area contributed by atoms with Gasteiger partial charge in [-0.25, -0.2) is 0 Å². The molecule has 0 amide bonds. The molecule has 77 heavy (non-hydrogen) atoms. The van der Waals surface area contributed by atoms with Crippen molar-refractivity contribution in [2.45, 2.75) is 374 Å². The highest BCUT2D eigenvalue weighted by molar-refractivity contribution is 5.71. The van der Waals surface area contributed by atoms with E-state index < -0.39 is 6.10 Å². The van der Waals surface area contributed by atoms with Gasteiger partial charge in [-0.2, -0.15) is 0 Å². The standard InChI is InChI=1S/C71H130O6/c1-4-7-10-13-16-19-22-25-28-29-30-31-32-33-34-35-36-37-38-39-40-41-44-46-49-52-55-58-61-64-70(73)76-67-68(77-71(74)65-62-59-56-53-50-47-43-27-24-21-18-15-12-9-6-3)66-75-69(72)63-60-57-54-51-48-45-42-26-23-20-17-14-11-8-5-2/h9,12,18,21,26-27,42-43,68H,4-8,10-11,13-17,19-20,22-25,28-41,44-67H2,1-3H3/b12-9-,21-18-,42-26-,43-27-. The van der Waals surface area contributed by atoms with Crippen LogP contribution in [0.4, 0.5) is 0 Å². The topological polar surface area (TPSA) is 78.9 Å². The molecule has 0 radical (unpaired) electrons. The maximum atomic E-state index is 12.9. The molecule has 0 saturated heterocycles. The first-order valence-corrected chi connectivity index (χ1v) is 34.1. The lowest BCUT2D eigenvalue weighted by molar-refractivity contribution is -0.167. The smallest absolute Gasteiger partial charge is 0.306 e. The Kier molecular flexibility index (Phi) is 63.6. The Balaban J connectivity index is 4.18. The quantitative estimate of drug-likeness (QED) is 0.0261. The number of hydrogen-bond donors (Lipinski definition) is 0. The van der Waals surface area contributed by atoms with Gasteiger partial charge in [0.2, 0.25) is 0 Å². The summed E-state index contributed by atoms with van der Waals surface area (Å²) in [6.07, 6.45) is 82.9. The number of carbonyl (C=O) groups is 3. The van der Waals surface area contributed by atoms with Crippen LogP contribution in [0.2, 0.25) is 0 Å². The molecule has 0 bridgehead atoms. The molecule has 0 aliphatic heterocycles. The third-order valence-corrected chi connectivity index (χ3v) is 15.3. The van der Waals surface area contributed by atoms with E-state index in [4.69, 9.17) is 14.2 Å². The molecule has 0 fully saturated rings. The summed E-state index contributed by atoms with van der Waals surface area (Å²) in [5.74, 6) is -0.884. The Bertz CT molecular complexity index is 1330. The second kappa shape index (κ2) is 65.9. The predicted octanol–water partition coefficient (Wildman–Crippen LogP) is 23.3. The SMILES string of the molecule is CC/C=C\C/C=C\C/C=C\CCCCCCCC(=O)OC(COC(=O)CCCCCCC/C=C\CCCCCCCC)COC(=O)CCCCCCCCCCCCCCCCCCCCCCCCCCCCCCC. The lowest BCUT2D eigenvalue weighted by atomic mass is 10.0. The summed E-state index contributed by atoms with van der Waals surface area (Å²) in [7, 11) is 0. The van der Waals surface area contributed by atoms with Crippen LogP contribution in [0.3, 0.4) is 0 Å². The van der Waals surface area contributed by atoms with Gasteiger partial charge in [0.15, 0.2) is 6.10 Å². The number of carbonyl (C=O) groups excluding carboxylic acids is 3. The van der Waals surface area contributed by atoms with Crippen molar-refractivity contribution < 1.29 is 28.6 Å². The van der Waals surface area contributed by atoms with Gasteiger partial charge in [-0.3, -0.25) is 14.4 Å². The summed E-state index contributed by atoms with van der Waals surface area (Å²) < 4.78 is 16.9. The molecular weight excluding hydrogens is 949 g/mol. The molecule has 0 aromatic heterocycles. The van der Waals surface area contributed by atoms with Gasteiger partial charge < -0.3 is 14.2 Å². The highest BCUT2D eigenvalue weighted by Gasteiger charge is 2.19. The molecule has 0 saturated carbocycles. The van der Waals surface area contributed by atoms with Crippen molar-refractivity contribution in [3.8, 4) is 0 Å². The first kappa shape index (κ1) is 74.4. The van der Waals surface area contributed by atoms with E-state index in [1.807, 2.05) is 0 Å². The zero-order valence-corrected chi connectivity index (χ0v) is 51.7. The highest BCUT2D eigenvalue weighted by atomic mass is 16.6. The van der Waals surface area contributed by atoms with E-state index in [1.54, 1.807) is 0 Å². The third-order valence-electron chi connectivity index (χ3n) is 15.3. The van der Waals surface area contributed by atoms with Crippen molar-refractivity contribution in [2.24, 2.45) is 0 Å². The first-order chi connectivity index (χ1) is 38.0. The van der Waals surface area contributed by atoms with Crippen molar-refractivity contribution >= 4 is 17.9 Å². The largest absolute Gasteiger partial charge is 0.462 e. The van der Waals surface area contributed by atoms with Gasteiger partial charge in [0.25, 0.3) is 0 Å². The molecule has 0 N–H and O–H groups in total. The monoisotopic (exact) mass is 1080 g/mol. The number of allylic oxidation sites excluding steroid dienone is 8. The minimum atomic E-state index is -0.785. The average Bonchev–Trinajstić information content (AvgIpc) is 3.43. The molecule has 0 aromatic carbocycles. The summed E-state index contributed by atoms with van der Waals surface area (Å²) in [5, 5.41) is 0. The summed E-state index contributed by atoms with van der Waals surface area (Å²) in [6.45, 7) is 6.56. The predicted molar refractivity (Wildman–Crippen MR) is 335 cm³/mol. The first-order valence-electron chi connectivity index (χ1n) is 34.1. The molecule has 0 aromatic rings. The van der Waals surface area contributed by atoms with Crippen LogP contribution >= 0.6 is 0 Å². The number of rotatable bonds is 63. The Morgan fingerprint density at radius 3 is 0.805 bits per heavy atom. The van der Waals surface area contributed by atoms with Gasteiger partial charge in [0.1, 0.15) is 13.2 Å². The van der Waals surface area contributed by atoms with Gasteiger partial charge in [-0.1, -0.05) is 320 Å². The zero-order chi connectivity index (χ0) is 55.7. The average molecular weight is 1080 g/mol. The van der Waals surface area contributed by atoms with Gasteiger partial charge in [-0.15, -0.1) is 0 Å². The van der Waals surface area contributed by atoms with Crippen molar-refractivity contribution in [1.82, 2.24) is 0 Å². The van der Waals surface area contributed by atoms with Crippen molar-refractivity contribution in [3.63, 3.8) is 0 Å². The Morgan fingerprint density at radius 2 is 0.506 bits per heavy atom. The molecule has 450 valence electrons. The molecule has 6 heteroatoms. The van der Waals surface area contributed by atoms with Crippen molar-refractivity contribution in [3.05, 3.63) is 48.6 Å². The molecule has 1 unspecified atom stereocenters. The van der Waals surface area contributed by atoms with Crippen LogP contribution in [0.1, 0.15) is 367 Å².